The van der Waals surface area contributed by atoms with Crippen LogP contribution >= 0.6 is 0 Å². The third-order valence-electron chi connectivity index (χ3n) is 2.99. The number of phenols is 1. The second kappa shape index (κ2) is 6.65. The van der Waals surface area contributed by atoms with Gasteiger partial charge in [-0.3, -0.25) is 0 Å². The summed E-state index contributed by atoms with van der Waals surface area (Å²) in [4.78, 5) is 10.8. The largest absolute Gasteiger partial charge is 0.507 e. The van der Waals surface area contributed by atoms with Crippen LogP contribution in [0.2, 0.25) is 0 Å². The first kappa shape index (κ1) is 14.7. The fraction of sp³-hybridized carbons (Fsp3) is 0.188. The van der Waals surface area contributed by atoms with Crippen molar-refractivity contribution >= 4 is 5.97 Å². The minimum absolute atomic E-state index is 0.143. The topological polar surface area (TPSA) is 76.0 Å². The molecule has 0 spiro atoms. The van der Waals surface area contributed by atoms with Crippen molar-refractivity contribution in [3.63, 3.8) is 0 Å². The van der Waals surface area contributed by atoms with Crippen molar-refractivity contribution in [1.29, 1.82) is 0 Å². The zero-order chi connectivity index (χ0) is 15.2. The fourth-order valence-corrected chi connectivity index (χ4v) is 1.90. The summed E-state index contributed by atoms with van der Waals surface area (Å²) in [5.74, 6) is -0.256. The third kappa shape index (κ3) is 3.89. The van der Waals surface area contributed by atoms with Gasteiger partial charge in [0.05, 0.1) is 13.7 Å². The van der Waals surface area contributed by atoms with Crippen molar-refractivity contribution in [3.8, 4) is 17.2 Å². The van der Waals surface area contributed by atoms with E-state index in [0.717, 1.165) is 11.3 Å². The van der Waals surface area contributed by atoms with Gasteiger partial charge in [0.1, 0.15) is 22.8 Å². The second-order valence-corrected chi connectivity index (χ2v) is 4.43. The van der Waals surface area contributed by atoms with Gasteiger partial charge >= 0.3 is 5.97 Å². The van der Waals surface area contributed by atoms with Crippen LogP contribution in [0.5, 0.6) is 17.2 Å². The third-order valence-corrected chi connectivity index (χ3v) is 2.99. The highest BCUT2D eigenvalue weighted by molar-refractivity contribution is 5.90. The van der Waals surface area contributed by atoms with Crippen LogP contribution in [0.25, 0.3) is 0 Å². The molecule has 0 saturated carbocycles. The number of ether oxygens (including phenoxy) is 2. The molecule has 110 valence electrons. The van der Waals surface area contributed by atoms with Gasteiger partial charge in [-0.1, -0.05) is 12.1 Å². The van der Waals surface area contributed by atoms with Crippen LogP contribution in [-0.4, -0.2) is 29.9 Å². The predicted octanol–water partition coefficient (Wildman–Crippen LogP) is 2.72. The Morgan fingerprint density at radius 3 is 2.62 bits per heavy atom. The lowest BCUT2D eigenvalue weighted by Crippen LogP contribution is -2.02. The smallest absolute Gasteiger partial charge is 0.339 e. The molecule has 0 aliphatic heterocycles. The Balaban J connectivity index is 1.94. The molecule has 21 heavy (non-hydrogen) atoms. The Bertz CT molecular complexity index is 636. The van der Waals surface area contributed by atoms with E-state index >= 15 is 0 Å². The van der Waals surface area contributed by atoms with E-state index in [4.69, 9.17) is 14.6 Å². The van der Waals surface area contributed by atoms with Crippen molar-refractivity contribution in [2.45, 2.75) is 6.42 Å². The molecular formula is C16H16O5. The van der Waals surface area contributed by atoms with Gasteiger partial charge in [-0.05, 0) is 29.8 Å². The van der Waals surface area contributed by atoms with Gasteiger partial charge < -0.3 is 19.7 Å². The molecule has 0 aliphatic rings. The number of aromatic carboxylic acids is 1. The first-order chi connectivity index (χ1) is 10.1. The summed E-state index contributed by atoms with van der Waals surface area (Å²) in [5, 5.41) is 18.4. The standard InChI is InChI=1S/C16H16O5/c1-20-12-4-2-3-11(9-12)7-8-21-13-5-6-14(16(18)19)15(17)10-13/h2-6,9-10,17H,7-8H2,1H3,(H,18,19). The van der Waals surface area contributed by atoms with E-state index in [2.05, 4.69) is 0 Å². The van der Waals surface area contributed by atoms with E-state index in [1.165, 1.54) is 18.2 Å². The van der Waals surface area contributed by atoms with Crippen LogP contribution in [0.3, 0.4) is 0 Å². The van der Waals surface area contributed by atoms with Crippen LogP contribution < -0.4 is 9.47 Å². The number of carboxylic acids is 1. The molecule has 0 fully saturated rings. The average Bonchev–Trinajstić information content (AvgIpc) is 2.47. The molecule has 0 unspecified atom stereocenters. The summed E-state index contributed by atoms with van der Waals surface area (Å²) >= 11 is 0. The van der Waals surface area contributed by atoms with Crippen molar-refractivity contribution in [2.75, 3.05) is 13.7 Å². The minimum atomic E-state index is -1.17. The molecular weight excluding hydrogens is 272 g/mol. The number of aromatic hydroxyl groups is 1. The molecule has 5 nitrogen and oxygen atoms in total. The maximum Gasteiger partial charge on any atom is 0.339 e. The summed E-state index contributed by atoms with van der Waals surface area (Å²) in [5.41, 5.74) is 0.927. The van der Waals surface area contributed by atoms with Gasteiger partial charge in [-0.2, -0.15) is 0 Å². The lowest BCUT2D eigenvalue weighted by atomic mass is 10.1. The molecule has 2 aromatic carbocycles. The monoisotopic (exact) mass is 288 g/mol. The Labute approximate surface area is 122 Å². The van der Waals surface area contributed by atoms with Gasteiger partial charge in [-0.15, -0.1) is 0 Å². The zero-order valence-electron chi connectivity index (χ0n) is 11.6. The van der Waals surface area contributed by atoms with E-state index in [1.54, 1.807) is 7.11 Å². The molecule has 2 rings (SSSR count). The van der Waals surface area contributed by atoms with Crippen molar-refractivity contribution < 1.29 is 24.5 Å². The summed E-state index contributed by atoms with van der Waals surface area (Å²) in [6.07, 6.45) is 0.679. The molecule has 0 heterocycles. The van der Waals surface area contributed by atoms with Crippen molar-refractivity contribution in [2.24, 2.45) is 0 Å². The molecule has 0 aromatic heterocycles. The minimum Gasteiger partial charge on any atom is -0.507 e. The Morgan fingerprint density at radius 2 is 1.95 bits per heavy atom. The molecule has 0 atom stereocenters. The first-order valence-electron chi connectivity index (χ1n) is 6.42. The summed E-state index contributed by atoms with van der Waals surface area (Å²) in [6, 6.07) is 11.8. The maximum atomic E-state index is 10.8. The van der Waals surface area contributed by atoms with Gasteiger partial charge in [0.25, 0.3) is 0 Å². The number of carboxylic acid groups (broad SMARTS) is 1. The van der Waals surface area contributed by atoms with Crippen LogP contribution in [0.1, 0.15) is 15.9 Å². The first-order valence-corrected chi connectivity index (χ1v) is 6.42. The van der Waals surface area contributed by atoms with Gasteiger partial charge in [0.2, 0.25) is 0 Å². The molecule has 5 heteroatoms. The number of carbonyl (C=O) groups is 1. The Kier molecular flexibility index (Phi) is 4.66. The van der Waals surface area contributed by atoms with Crippen LogP contribution in [0, 0.1) is 0 Å². The lowest BCUT2D eigenvalue weighted by molar-refractivity contribution is 0.0693. The predicted molar refractivity (Wildman–Crippen MR) is 77.3 cm³/mol. The summed E-state index contributed by atoms with van der Waals surface area (Å²) in [6.45, 7) is 0.416. The van der Waals surface area contributed by atoms with Gasteiger partial charge in [0.15, 0.2) is 0 Å². The molecule has 0 aliphatic carbocycles. The quantitative estimate of drug-likeness (QED) is 0.854. The summed E-state index contributed by atoms with van der Waals surface area (Å²) in [7, 11) is 1.61. The van der Waals surface area contributed by atoms with Crippen molar-refractivity contribution in [3.05, 3.63) is 53.6 Å². The van der Waals surface area contributed by atoms with E-state index in [1.807, 2.05) is 24.3 Å². The van der Waals surface area contributed by atoms with E-state index in [0.29, 0.717) is 18.8 Å². The van der Waals surface area contributed by atoms with Crippen LogP contribution in [0.15, 0.2) is 42.5 Å². The molecule has 0 amide bonds. The molecule has 2 aromatic rings. The fourth-order valence-electron chi connectivity index (χ4n) is 1.90. The Morgan fingerprint density at radius 1 is 1.14 bits per heavy atom. The highest BCUT2D eigenvalue weighted by Gasteiger charge is 2.10. The molecule has 2 N–H and O–H groups in total. The number of benzene rings is 2. The normalized spacial score (nSPS) is 10.1. The molecule has 0 bridgehead atoms. The lowest BCUT2D eigenvalue weighted by Gasteiger charge is -2.08. The van der Waals surface area contributed by atoms with Crippen LogP contribution in [0.4, 0.5) is 0 Å². The van der Waals surface area contributed by atoms with Gasteiger partial charge in [-0.25, -0.2) is 4.79 Å². The van der Waals surface area contributed by atoms with Gasteiger partial charge in [0, 0.05) is 12.5 Å². The van der Waals surface area contributed by atoms with E-state index in [-0.39, 0.29) is 11.3 Å². The Hall–Kier alpha value is -2.69. The van der Waals surface area contributed by atoms with Crippen molar-refractivity contribution in [1.82, 2.24) is 0 Å². The SMILES string of the molecule is COc1cccc(CCOc2ccc(C(=O)O)c(O)c2)c1. The number of methoxy groups -OCH3 is 1. The molecule has 0 radical (unpaired) electrons. The number of hydrogen-bond donors (Lipinski definition) is 2. The second-order valence-electron chi connectivity index (χ2n) is 4.43. The van der Waals surface area contributed by atoms with E-state index in [9.17, 15) is 9.90 Å². The van der Waals surface area contributed by atoms with E-state index < -0.39 is 5.97 Å². The summed E-state index contributed by atoms with van der Waals surface area (Å²) < 4.78 is 10.6. The number of hydrogen-bond acceptors (Lipinski definition) is 4. The zero-order valence-corrected chi connectivity index (χ0v) is 11.6. The number of rotatable bonds is 6. The maximum absolute atomic E-state index is 10.8. The molecule has 0 saturated heterocycles. The van der Waals surface area contributed by atoms with Crippen LogP contribution in [-0.2, 0) is 6.42 Å². The average molecular weight is 288 g/mol. The highest BCUT2D eigenvalue weighted by atomic mass is 16.5. The highest BCUT2D eigenvalue weighted by Crippen LogP contribution is 2.23.